The van der Waals surface area contributed by atoms with Crippen LogP contribution in [0, 0.1) is 0 Å². The molecule has 0 spiro atoms. The maximum Gasteiger partial charge on any atom is 0.142 e. The van der Waals surface area contributed by atoms with Gasteiger partial charge in [0.1, 0.15) is 6.29 Å². The molecule has 0 aromatic rings. The average molecular weight is 210 g/mol. The lowest BCUT2D eigenvalue weighted by atomic mass is 10.2. The molecule has 0 N–H and O–H groups in total. The van der Waals surface area contributed by atoms with E-state index in [0.29, 0.717) is 6.29 Å². The zero-order chi connectivity index (χ0) is 11.4. The molecule has 1 nitrogen and oxygen atoms in total. The molecule has 2 heteroatoms. The van der Waals surface area contributed by atoms with Gasteiger partial charge in [-0.2, -0.15) is 0 Å². The number of carbonyl (C=O) groups is 1. The van der Waals surface area contributed by atoms with Gasteiger partial charge in [0.15, 0.2) is 0 Å². The lowest BCUT2D eigenvalue weighted by Gasteiger charge is -1.92. The predicted octanol–water partition coefficient (Wildman–Crippen LogP) is 4.12. The van der Waals surface area contributed by atoms with Crippen molar-refractivity contribution in [3.8, 4) is 0 Å². The molecule has 84 valence electrons. The molecule has 0 heterocycles. The van der Waals surface area contributed by atoms with Gasteiger partial charge in [0, 0.05) is 6.42 Å². The smallest absolute Gasteiger partial charge is 0.142 e. The molecule has 0 aromatic carbocycles. The van der Waals surface area contributed by atoms with Gasteiger partial charge < -0.3 is 0 Å². The molecule has 0 aromatic heterocycles. The van der Waals surface area contributed by atoms with Crippen molar-refractivity contribution in [3.05, 3.63) is 36.2 Å². The van der Waals surface area contributed by atoms with Crippen LogP contribution in [0.25, 0.3) is 0 Å². The highest BCUT2D eigenvalue weighted by Gasteiger charge is 1.90. The van der Waals surface area contributed by atoms with Crippen LogP contribution in [0.3, 0.4) is 0 Å². The van der Waals surface area contributed by atoms with Gasteiger partial charge in [0.2, 0.25) is 0 Å². The fraction of sp³-hybridized carbons (Fsp3) is 0.462. The summed E-state index contributed by atoms with van der Waals surface area (Å²) < 4.78 is 13.0. The summed E-state index contributed by atoms with van der Waals surface area (Å²) in [6.07, 6.45) is 13.3. The van der Waals surface area contributed by atoms with Gasteiger partial charge in [-0.25, -0.2) is 4.39 Å². The first-order chi connectivity index (χ1) is 7.31. The molecule has 15 heavy (non-hydrogen) atoms. The highest BCUT2D eigenvalue weighted by molar-refractivity contribution is 5.64. The molecular weight excluding hydrogens is 191 g/mol. The third-order valence-electron chi connectivity index (χ3n) is 1.87. The largest absolute Gasteiger partial charge is 0.299 e. The van der Waals surface area contributed by atoms with E-state index in [1.165, 1.54) is 12.2 Å². The summed E-state index contributed by atoms with van der Waals surface area (Å²) in [5.41, 5.74) is 0. The lowest BCUT2D eigenvalue weighted by molar-refractivity contribution is -0.104. The summed E-state index contributed by atoms with van der Waals surface area (Å²) in [6.45, 7) is 2.09. The van der Waals surface area contributed by atoms with Crippen molar-refractivity contribution in [1.29, 1.82) is 0 Å². The molecule has 0 bridgehead atoms. The molecule has 0 aliphatic heterocycles. The summed E-state index contributed by atoms with van der Waals surface area (Å²) >= 11 is 0. The van der Waals surface area contributed by atoms with Crippen LogP contribution in [0.1, 0.15) is 39.0 Å². The van der Waals surface area contributed by atoms with Crippen LogP contribution in [0.2, 0.25) is 0 Å². The number of allylic oxidation sites excluding steroid dienone is 6. The van der Waals surface area contributed by atoms with Crippen LogP contribution in [0.5, 0.6) is 0 Å². The Hall–Kier alpha value is -1.18. The minimum atomic E-state index is -0.160. The van der Waals surface area contributed by atoms with E-state index in [2.05, 4.69) is 19.1 Å². The normalized spacial score (nSPS) is 12.8. The Labute approximate surface area is 91.4 Å². The van der Waals surface area contributed by atoms with Crippen LogP contribution >= 0.6 is 0 Å². The molecule has 0 aliphatic carbocycles. The second-order valence-electron chi connectivity index (χ2n) is 3.23. The van der Waals surface area contributed by atoms with Crippen LogP contribution in [-0.2, 0) is 4.79 Å². The molecule has 0 radical (unpaired) electrons. The number of hydrogen-bond acceptors (Lipinski definition) is 1. The monoisotopic (exact) mass is 210 g/mol. The SMILES string of the molecule is CC/C=C\CCC/C=C(/F)C/C=C\C=O. The first-order valence-corrected chi connectivity index (χ1v) is 5.41. The minimum absolute atomic E-state index is 0.160. The molecule has 0 atom stereocenters. The Morgan fingerprint density at radius 1 is 1.20 bits per heavy atom. The summed E-state index contributed by atoms with van der Waals surface area (Å²) in [7, 11) is 0. The maximum absolute atomic E-state index is 13.0. The lowest BCUT2D eigenvalue weighted by Crippen LogP contribution is -1.74. The van der Waals surface area contributed by atoms with Crippen LogP contribution in [-0.4, -0.2) is 6.29 Å². The Morgan fingerprint density at radius 2 is 2.00 bits per heavy atom. The van der Waals surface area contributed by atoms with Gasteiger partial charge in [-0.1, -0.05) is 31.2 Å². The number of aldehydes is 1. The molecule has 0 fully saturated rings. The highest BCUT2D eigenvalue weighted by atomic mass is 19.1. The van der Waals surface area contributed by atoms with Gasteiger partial charge in [-0.15, -0.1) is 0 Å². The van der Waals surface area contributed by atoms with Crippen LogP contribution in [0.15, 0.2) is 36.2 Å². The van der Waals surface area contributed by atoms with E-state index in [9.17, 15) is 9.18 Å². The van der Waals surface area contributed by atoms with Crippen molar-refractivity contribution >= 4 is 6.29 Å². The predicted molar refractivity (Wildman–Crippen MR) is 62.3 cm³/mol. The molecule has 0 saturated heterocycles. The number of hydrogen-bond donors (Lipinski definition) is 0. The van der Waals surface area contributed by atoms with E-state index in [4.69, 9.17) is 0 Å². The van der Waals surface area contributed by atoms with Gasteiger partial charge in [0.05, 0.1) is 5.83 Å². The topological polar surface area (TPSA) is 17.1 Å². The molecule has 0 unspecified atom stereocenters. The molecule has 0 rings (SSSR count). The van der Waals surface area contributed by atoms with E-state index >= 15 is 0 Å². The second-order valence-corrected chi connectivity index (χ2v) is 3.23. The van der Waals surface area contributed by atoms with Gasteiger partial charge >= 0.3 is 0 Å². The Kier molecular flexibility index (Phi) is 10.0. The summed E-state index contributed by atoms with van der Waals surface area (Å²) in [4.78, 5) is 9.91. The fourth-order valence-electron chi connectivity index (χ4n) is 1.10. The molecular formula is C13H19FO. The quantitative estimate of drug-likeness (QED) is 0.255. The van der Waals surface area contributed by atoms with Gasteiger partial charge in [-0.3, -0.25) is 4.79 Å². The van der Waals surface area contributed by atoms with E-state index in [1.54, 1.807) is 6.08 Å². The van der Waals surface area contributed by atoms with E-state index < -0.39 is 0 Å². The van der Waals surface area contributed by atoms with Crippen LogP contribution < -0.4 is 0 Å². The number of halogens is 1. The number of carbonyl (C=O) groups excluding carboxylic acids is 1. The minimum Gasteiger partial charge on any atom is -0.299 e. The summed E-state index contributed by atoms with van der Waals surface area (Å²) in [5.74, 6) is -0.160. The molecule has 0 saturated carbocycles. The van der Waals surface area contributed by atoms with Gasteiger partial charge in [-0.05, 0) is 31.8 Å². The maximum atomic E-state index is 13.0. The highest BCUT2D eigenvalue weighted by Crippen LogP contribution is 2.08. The van der Waals surface area contributed by atoms with Crippen molar-refractivity contribution in [2.75, 3.05) is 0 Å². The molecule has 0 amide bonds. The molecule has 0 aliphatic rings. The number of rotatable bonds is 8. The van der Waals surface area contributed by atoms with Gasteiger partial charge in [0.25, 0.3) is 0 Å². The Balaban J connectivity index is 3.53. The number of unbranched alkanes of at least 4 members (excludes halogenated alkanes) is 2. The third-order valence-corrected chi connectivity index (χ3v) is 1.87. The third kappa shape index (κ3) is 10.7. The first-order valence-electron chi connectivity index (χ1n) is 5.41. The van der Waals surface area contributed by atoms with Crippen LogP contribution in [0.4, 0.5) is 4.39 Å². The van der Waals surface area contributed by atoms with E-state index in [-0.39, 0.29) is 12.2 Å². The van der Waals surface area contributed by atoms with Crippen molar-refractivity contribution in [1.82, 2.24) is 0 Å². The zero-order valence-corrected chi connectivity index (χ0v) is 9.29. The summed E-state index contributed by atoms with van der Waals surface area (Å²) in [5, 5.41) is 0. The standard InChI is InChI=1S/C13H19FO/c1-2-3-4-5-6-7-10-13(14)11-8-9-12-15/h3-4,8-10,12H,2,5-7,11H2,1H3/b4-3-,9-8-,13-10+. The van der Waals surface area contributed by atoms with Crippen molar-refractivity contribution in [2.24, 2.45) is 0 Å². The zero-order valence-electron chi connectivity index (χ0n) is 9.29. The fourth-order valence-corrected chi connectivity index (χ4v) is 1.10. The Bertz CT molecular complexity index is 239. The van der Waals surface area contributed by atoms with Crippen molar-refractivity contribution in [3.63, 3.8) is 0 Å². The second kappa shape index (κ2) is 10.9. The van der Waals surface area contributed by atoms with E-state index in [0.717, 1.165) is 25.7 Å². The van der Waals surface area contributed by atoms with E-state index in [1.807, 2.05) is 0 Å². The average Bonchev–Trinajstić information content (AvgIpc) is 2.23. The summed E-state index contributed by atoms with van der Waals surface area (Å²) in [6, 6.07) is 0. The van der Waals surface area contributed by atoms with Crippen molar-refractivity contribution < 1.29 is 9.18 Å². The Morgan fingerprint density at radius 3 is 2.67 bits per heavy atom. The van der Waals surface area contributed by atoms with Crippen molar-refractivity contribution in [2.45, 2.75) is 39.0 Å². The first kappa shape index (κ1) is 13.8.